The smallest absolute Gasteiger partial charge is 0.394 e. The number of nitrogen functional groups attached to an aromatic ring is 1. The second kappa shape index (κ2) is 7.43. The van der Waals surface area contributed by atoms with Gasteiger partial charge >= 0.3 is 6.18 Å². The van der Waals surface area contributed by atoms with Crippen LogP contribution in [0.4, 0.5) is 30.4 Å². The third kappa shape index (κ3) is 4.20. The number of alkyl halides is 3. The molecule has 9 heteroatoms. The van der Waals surface area contributed by atoms with Crippen molar-refractivity contribution in [3.8, 4) is 0 Å². The van der Waals surface area contributed by atoms with Gasteiger partial charge in [0.2, 0.25) is 0 Å². The topological polar surface area (TPSA) is 63.8 Å². The molecule has 4 nitrogen and oxygen atoms in total. The Bertz CT molecular complexity index is 917. The minimum Gasteiger partial charge on any atom is -0.394 e. The summed E-state index contributed by atoms with van der Waals surface area (Å²) in [5.74, 6) is 0.105. The number of anilines is 3. The number of halogens is 4. The lowest BCUT2D eigenvalue weighted by molar-refractivity contribution is -0.136. The molecule has 0 saturated carbocycles. The number of benzene rings is 2. The number of hydrogen-bond donors (Lipinski definition) is 2. The van der Waals surface area contributed by atoms with Gasteiger partial charge in [0, 0.05) is 9.92 Å². The minimum atomic E-state index is -4.49. The van der Waals surface area contributed by atoms with Crippen LogP contribution in [-0.2, 0) is 6.18 Å². The Kier molecular flexibility index (Phi) is 5.24. The molecule has 0 spiro atoms. The zero-order valence-electron chi connectivity index (χ0n) is 13.1. The number of hydrogen-bond acceptors (Lipinski definition) is 5. The molecule has 3 aromatic rings. The van der Waals surface area contributed by atoms with Crippen molar-refractivity contribution in [1.82, 2.24) is 9.97 Å². The molecule has 26 heavy (non-hydrogen) atoms. The third-order valence-electron chi connectivity index (χ3n) is 3.36. The lowest BCUT2D eigenvalue weighted by atomic mass is 10.1. The van der Waals surface area contributed by atoms with Crippen LogP contribution in [0.15, 0.2) is 64.8 Å². The van der Waals surface area contributed by atoms with Gasteiger partial charge in [0.25, 0.3) is 0 Å². The first-order chi connectivity index (χ1) is 12.3. The van der Waals surface area contributed by atoms with Crippen molar-refractivity contribution >= 4 is 40.6 Å². The van der Waals surface area contributed by atoms with Crippen LogP contribution >= 0.6 is 23.4 Å². The molecule has 2 aromatic carbocycles. The Labute approximate surface area is 156 Å². The van der Waals surface area contributed by atoms with E-state index in [4.69, 9.17) is 17.3 Å². The second-order valence-electron chi connectivity index (χ2n) is 5.17. The molecular formula is C17H12ClF3N4S. The van der Waals surface area contributed by atoms with Gasteiger partial charge in [-0.05, 0) is 36.4 Å². The van der Waals surface area contributed by atoms with Crippen LogP contribution in [-0.4, -0.2) is 9.97 Å². The largest absolute Gasteiger partial charge is 0.418 e. The van der Waals surface area contributed by atoms with Crippen LogP contribution in [0, 0.1) is 0 Å². The third-order valence-corrected chi connectivity index (χ3v) is 4.64. The zero-order valence-corrected chi connectivity index (χ0v) is 14.7. The van der Waals surface area contributed by atoms with Gasteiger partial charge in [-0.15, -0.1) is 0 Å². The quantitative estimate of drug-likeness (QED) is 0.560. The van der Waals surface area contributed by atoms with Gasteiger partial charge in [0.15, 0.2) is 5.82 Å². The van der Waals surface area contributed by atoms with Crippen LogP contribution in [0.3, 0.4) is 0 Å². The molecule has 134 valence electrons. The fraction of sp³-hybridized carbons (Fsp3) is 0.0588. The molecule has 3 N–H and O–H groups in total. The SMILES string of the molecule is Nc1c(Nc2ccccc2C(F)(F)F)ncnc1Sc1ccc(Cl)cc1. The molecule has 0 unspecified atom stereocenters. The molecule has 1 heterocycles. The summed E-state index contributed by atoms with van der Waals surface area (Å²) >= 11 is 7.11. The maximum absolute atomic E-state index is 13.1. The fourth-order valence-electron chi connectivity index (χ4n) is 2.14. The van der Waals surface area contributed by atoms with Crippen molar-refractivity contribution in [2.24, 2.45) is 0 Å². The van der Waals surface area contributed by atoms with Crippen molar-refractivity contribution in [2.75, 3.05) is 11.1 Å². The summed E-state index contributed by atoms with van der Waals surface area (Å²) < 4.78 is 39.4. The van der Waals surface area contributed by atoms with Crippen molar-refractivity contribution in [1.29, 1.82) is 0 Å². The zero-order chi connectivity index (χ0) is 18.7. The van der Waals surface area contributed by atoms with Gasteiger partial charge in [0.1, 0.15) is 17.0 Å². The Morgan fingerprint density at radius 1 is 1.00 bits per heavy atom. The van der Waals surface area contributed by atoms with Crippen molar-refractivity contribution in [2.45, 2.75) is 16.1 Å². The number of aromatic nitrogens is 2. The van der Waals surface area contributed by atoms with Gasteiger partial charge in [-0.2, -0.15) is 13.2 Å². The molecule has 0 aliphatic rings. The molecule has 0 saturated heterocycles. The van der Waals surface area contributed by atoms with Gasteiger partial charge in [-0.1, -0.05) is 35.5 Å². The van der Waals surface area contributed by atoms with E-state index in [2.05, 4.69) is 15.3 Å². The van der Waals surface area contributed by atoms with E-state index in [-0.39, 0.29) is 17.2 Å². The van der Waals surface area contributed by atoms with Crippen LogP contribution in [0.2, 0.25) is 5.02 Å². The molecule has 0 aliphatic carbocycles. The molecule has 0 amide bonds. The van der Waals surface area contributed by atoms with E-state index in [0.29, 0.717) is 10.0 Å². The highest BCUT2D eigenvalue weighted by molar-refractivity contribution is 7.99. The molecule has 0 radical (unpaired) electrons. The van der Waals surface area contributed by atoms with Crippen LogP contribution in [0.1, 0.15) is 5.56 Å². The lowest BCUT2D eigenvalue weighted by Crippen LogP contribution is -2.10. The Balaban J connectivity index is 1.90. The van der Waals surface area contributed by atoms with Crippen LogP contribution < -0.4 is 11.1 Å². The summed E-state index contributed by atoms with van der Waals surface area (Å²) in [5.41, 5.74) is 5.28. The van der Waals surface area contributed by atoms with Gasteiger partial charge in [-0.25, -0.2) is 9.97 Å². The summed E-state index contributed by atoms with van der Waals surface area (Å²) in [6.07, 6.45) is -3.25. The minimum absolute atomic E-state index is 0.105. The van der Waals surface area contributed by atoms with Crippen molar-refractivity contribution in [3.05, 3.63) is 65.4 Å². The van der Waals surface area contributed by atoms with Crippen molar-refractivity contribution < 1.29 is 13.2 Å². The number of nitrogens with one attached hydrogen (secondary N) is 1. The number of rotatable bonds is 4. The van der Waals surface area contributed by atoms with E-state index in [9.17, 15) is 13.2 Å². The fourth-order valence-corrected chi connectivity index (χ4v) is 3.07. The molecule has 1 aromatic heterocycles. The first-order valence-electron chi connectivity index (χ1n) is 7.32. The van der Waals surface area contributed by atoms with E-state index in [1.165, 1.54) is 36.3 Å². The van der Waals surface area contributed by atoms with Gasteiger partial charge < -0.3 is 11.1 Å². The average molecular weight is 397 g/mol. The average Bonchev–Trinajstić information content (AvgIpc) is 2.60. The number of nitrogens with two attached hydrogens (primary N) is 1. The predicted octanol–water partition coefficient (Wildman–Crippen LogP) is 5.63. The van der Waals surface area contributed by atoms with Gasteiger partial charge in [0.05, 0.1) is 11.3 Å². The monoisotopic (exact) mass is 396 g/mol. The highest BCUT2D eigenvalue weighted by atomic mass is 35.5. The normalized spacial score (nSPS) is 11.4. The molecule has 0 aliphatic heterocycles. The van der Waals surface area contributed by atoms with Crippen LogP contribution in [0.25, 0.3) is 0 Å². The molecule has 3 rings (SSSR count). The number of para-hydroxylation sites is 1. The second-order valence-corrected chi connectivity index (χ2v) is 6.66. The van der Waals surface area contributed by atoms with E-state index in [0.717, 1.165) is 11.0 Å². The summed E-state index contributed by atoms with van der Waals surface area (Å²) in [5, 5.41) is 3.67. The molecule has 0 bridgehead atoms. The maximum atomic E-state index is 13.1. The summed E-state index contributed by atoms with van der Waals surface area (Å²) in [4.78, 5) is 8.90. The van der Waals surface area contributed by atoms with Crippen LogP contribution in [0.5, 0.6) is 0 Å². The first-order valence-corrected chi connectivity index (χ1v) is 8.51. The maximum Gasteiger partial charge on any atom is 0.418 e. The molecular weight excluding hydrogens is 385 g/mol. The lowest BCUT2D eigenvalue weighted by Gasteiger charge is -2.15. The Morgan fingerprint density at radius 2 is 1.69 bits per heavy atom. The Morgan fingerprint density at radius 3 is 2.38 bits per heavy atom. The predicted molar refractivity (Wildman–Crippen MR) is 96.7 cm³/mol. The summed E-state index contributed by atoms with van der Waals surface area (Å²) in [6.45, 7) is 0. The van der Waals surface area contributed by atoms with E-state index < -0.39 is 11.7 Å². The Hall–Kier alpha value is -2.45. The summed E-state index contributed by atoms with van der Waals surface area (Å²) in [6, 6.07) is 12.2. The van der Waals surface area contributed by atoms with E-state index in [1.54, 1.807) is 24.3 Å². The highest BCUT2D eigenvalue weighted by Crippen LogP contribution is 2.38. The highest BCUT2D eigenvalue weighted by Gasteiger charge is 2.33. The standard InChI is InChI=1S/C17H12ClF3N4S/c18-10-5-7-11(8-6-10)26-16-14(22)15(23-9-24-16)25-13-4-2-1-3-12(13)17(19,20)21/h1-9H,22H2,(H,23,24,25). The van der Waals surface area contributed by atoms with E-state index >= 15 is 0 Å². The number of nitrogens with zero attached hydrogens (tertiary/aromatic N) is 2. The summed E-state index contributed by atoms with van der Waals surface area (Å²) in [7, 11) is 0. The van der Waals surface area contributed by atoms with Gasteiger partial charge in [-0.3, -0.25) is 0 Å². The molecule has 0 atom stereocenters. The first kappa shape index (κ1) is 18.3. The van der Waals surface area contributed by atoms with E-state index in [1.807, 2.05) is 0 Å². The molecule has 0 fully saturated rings. The van der Waals surface area contributed by atoms with Crippen molar-refractivity contribution in [3.63, 3.8) is 0 Å².